The van der Waals surface area contributed by atoms with E-state index in [1.165, 1.54) is 15.8 Å². The van der Waals surface area contributed by atoms with Crippen molar-refractivity contribution in [1.82, 2.24) is 9.55 Å². The molecule has 1 heterocycles. The van der Waals surface area contributed by atoms with E-state index in [4.69, 9.17) is 5.73 Å². The van der Waals surface area contributed by atoms with Gasteiger partial charge in [-0.2, -0.15) is 0 Å². The van der Waals surface area contributed by atoms with Crippen LogP contribution >= 0.6 is 0 Å². The van der Waals surface area contributed by atoms with Gasteiger partial charge < -0.3 is 10.6 Å². The van der Waals surface area contributed by atoms with Crippen molar-refractivity contribution in [3.8, 4) is 0 Å². The molecule has 0 unspecified atom stereocenters. The molecule has 0 atom stereocenters. The highest BCUT2D eigenvalue weighted by atomic mass is 16.2. The van der Waals surface area contributed by atoms with Crippen molar-refractivity contribution in [3.05, 3.63) is 70.8 Å². The minimum absolute atomic E-state index is 0.0324. The van der Waals surface area contributed by atoms with Crippen LogP contribution in [0.15, 0.2) is 59.7 Å². The lowest BCUT2D eigenvalue weighted by Gasteiger charge is -2.22. The topological polar surface area (TPSA) is 98.3 Å². The number of aryl methyl sites for hydroxylation is 1. The molecular formula is C20H20N4O3. The van der Waals surface area contributed by atoms with E-state index in [1.807, 2.05) is 19.1 Å². The smallest absolute Gasteiger partial charge is 0.261 e. The maximum atomic E-state index is 12.9. The lowest BCUT2D eigenvalue weighted by atomic mass is 10.1. The molecule has 0 aliphatic heterocycles. The third-order valence-corrected chi connectivity index (χ3v) is 4.31. The minimum Gasteiger partial charge on any atom is -0.370 e. The first-order valence-corrected chi connectivity index (χ1v) is 8.56. The number of hydrogen-bond acceptors (Lipinski definition) is 4. The van der Waals surface area contributed by atoms with E-state index in [-0.39, 0.29) is 31.0 Å². The van der Waals surface area contributed by atoms with Gasteiger partial charge >= 0.3 is 0 Å². The second-order valence-electron chi connectivity index (χ2n) is 6.25. The van der Waals surface area contributed by atoms with Crippen LogP contribution < -0.4 is 16.2 Å². The summed E-state index contributed by atoms with van der Waals surface area (Å²) in [4.78, 5) is 42.5. The molecule has 0 aliphatic rings. The van der Waals surface area contributed by atoms with Crippen molar-refractivity contribution in [2.75, 3.05) is 11.4 Å². The number of carbonyl (C=O) groups excluding carboxylic acids is 2. The summed E-state index contributed by atoms with van der Waals surface area (Å²) < 4.78 is 1.28. The lowest BCUT2D eigenvalue weighted by Crippen LogP contribution is -2.38. The molecule has 2 N–H and O–H groups in total. The molecule has 27 heavy (non-hydrogen) atoms. The number of benzene rings is 2. The Balaban J connectivity index is 1.91. The van der Waals surface area contributed by atoms with Crippen molar-refractivity contribution in [3.63, 3.8) is 0 Å². The number of primary amides is 1. The van der Waals surface area contributed by atoms with Crippen molar-refractivity contribution in [2.45, 2.75) is 19.9 Å². The normalized spacial score (nSPS) is 10.7. The Morgan fingerprint density at radius 3 is 2.56 bits per heavy atom. The lowest BCUT2D eigenvalue weighted by molar-refractivity contribution is -0.119. The number of anilines is 1. The summed E-state index contributed by atoms with van der Waals surface area (Å²) >= 11 is 0. The fourth-order valence-electron chi connectivity index (χ4n) is 2.91. The average molecular weight is 364 g/mol. The van der Waals surface area contributed by atoms with Crippen molar-refractivity contribution in [2.24, 2.45) is 5.73 Å². The van der Waals surface area contributed by atoms with Gasteiger partial charge in [0, 0.05) is 18.7 Å². The van der Waals surface area contributed by atoms with Crippen LogP contribution in [0, 0.1) is 6.92 Å². The Kier molecular flexibility index (Phi) is 5.30. The fraction of sp³-hybridized carbons (Fsp3) is 0.200. The molecule has 0 saturated heterocycles. The summed E-state index contributed by atoms with van der Waals surface area (Å²) in [7, 11) is 0. The number of hydrogen-bond donors (Lipinski definition) is 1. The third-order valence-electron chi connectivity index (χ3n) is 4.31. The molecular weight excluding hydrogens is 344 g/mol. The highest BCUT2D eigenvalue weighted by Crippen LogP contribution is 2.15. The quantitative estimate of drug-likeness (QED) is 0.718. The van der Waals surface area contributed by atoms with Crippen LogP contribution in [0.5, 0.6) is 0 Å². The Morgan fingerprint density at radius 2 is 1.85 bits per heavy atom. The van der Waals surface area contributed by atoms with Crippen molar-refractivity contribution < 1.29 is 9.59 Å². The van der Waals surface area contributed by atoms with Crippen LogP contribution in [-0.2, 0) is 16.1 Å². The monoisotopic (exact) mass is 364 g/mol. The Bertz CT molecular complexity index is 1040. The first kappa shape index (κ1) is 18.3. The zero-order chi connectivity index (χ0) is 19.4. The number of nitrogens with two attached hydrogens (primary N) is 1. The largest absolute Gasteiger partial charge is 0.370 e. The number of carbonyl (C=O) groups is 2. The Hall–Kier alpha value is -3.48. The van der Waals surface area contributed by atoms with Crippen molar-refractivity contribution in [1.29, 1.82) is 0 Å². The van der Waals surface area contributed by atoms with E-state index in [0.29, 0.717) is 16.6 Å². The average Bonchev–Trinajstić information content (AvgIpc) is 2.65. The molecule has 0 spiro atoms. The summed E-state index contributed by atoms with van der Waals surface area (Å²) in [5.74, 6) is -0.818. The molecule has 0 radical (unpaired) electrons. The van der Waals surface area contributed by atoms with Crippen LogP contribution in [-0.4, -0.2) is 27.9 Å². The fourth-order valence-corrected chi connectivity index (χ4v) is 2.91. The molecule has 3 aromatic rings. The maximum absolute atomic E-state index is 12.9. The van der Waals surface area contributed by atoms with E-state index in [1.54, 1.807) is 36.4 Å². The molecule has 0 saturated carbocycles. The summed E-state index contributed by atoms with van der Waals surface area (Å²) in [6.07, 6.45) is 1.41. The predicted octanol–water partition coefficient (Wildman–Crippen LogP) is 1.61. The second-order valence-corrected chi connectivity index (χ2v) is 6.25. The third kappa shape index (κ3) is 4.03. The number of fused-ring (bicyclic) bond motifs is 1. The zero-order valence-electron chi connectivity index (χ0n) is 15.0. The number of rotatable bonds is 6. The van der Waals surface area contributed by atoms with Gasteiger partial charge in [-0.1, -0.05) is 30.3 Å². The molecule has 7 nitrogen and oxygen atoms in total. The van der Waals surface area contributed by atoms with E-state index in [9.17, 15) is 14.4 Å². The summed E-state index contributed by atoms with van der Waals surface area (Å²) in [5, 5.41) is 0.466. The number of amides is 2. The number of nitrogens with zero attached hydrogens (tertiary/aromatic N) is 3. The van der Waals surface area contributed by atoms with Gasteiger partial charge in [0.1, 0.15) is 6.54 Å². The van der Waals surface area contributed by atoms with Crippen molar-refractivity contribution >= 4 is 28.4 Å². The minimum atomic E-state index is -0.497. The molecule has 2 aromatic carbocycles. The number of aromatic nitrogens is 2. The van der Waals surface area contributed by atoms with Crippen LogP contribution in [0.1, 0.15) is 12.0 Å². The van der Waals surface area contributed by atoms with Gasteiger partial charge in [0.05, 0.1) is 17.2 Å². The van der Waals surface area contributed by atoms with Crippen LogP contribution in [0.25, 0.3) is 10.9 Å². The van der Waals surface area contributed by atoms with E-state index >= 15 is 0 Å². The highest BCUT2D eigenvalue weighted by molar-refractivity contribution is 5.94. The Labute approximate surface area is 156 Å². The summed E-state index contributed by atoms with van der Waals surface area (Å²) in [5.41, 5.74) is 7.12. The van der Waals surface area contributed by atoms with Crippen LogP contribution in [0.4, 0.5) is 5.69 Å². The van der Waals surface area contributed by atoms with Gasteiger partial charge in [-0.3, -0.25) is 19.0 Å². The molecule has 138 valence electrons. The van der Waals surface area contributed by atoms with Gasteiger partial charge in [-0.15, -0.1) is 0 Å². The van der Waals surface area contributed by atoms with Gasteiger partial charge in [0.15, 0.2) is 0 Å². The van der Waals surface area contributed by atoms with E-state index < -0.39 is 5.91 Å². The standard InChI is InChI=1S/C20H20N4O3/c1-14-6-5-9-16-19(14)22-13-23(20(16)27)12-18(26)24(11-10-17(21)25)15-7-3-2-4-8-15/h2-9,13H,10-12H2,1H3,(H2,21,25). The first-order chi connectivity index (χ1) is 13.0. The van der Waals surface area contributed by atoms with Gasteiger partial charge in [0.2, 0.25) is 11.8 Å². The molecule has 2 amide bonds. The zero-order valence-corrected chi connectivity index (χ0v) is 15.0. The molecule has 7 heteroatoms. The maximum Gasteiger partial charge on any atom is 0.261 e. The van der Waals surface area contributed by atoms with Gasteiger partial charge in [-0.05, 0) is 30.7 Å². The molecule has 0 fully saturated rings. The summed E-state index contributed by atoms with van der Waals surface area (Å²) in [6.45, 7) is 1.85. The van der Waals surface area contributed by atoms with Crippen LogP contribution in [0.3, 0.4) is 0 Å². The van der Waals surface area contributed by atoms with Gasteiger partial charge in [-0.25, -0.2) is 4.98 Å². The van der Waals surface area contributed by atoms with E-state index in [0.717, 1.165) is 5.56 Å². The SMILES string of the molecule is Cc1cccc2c(=O)n(CC(=O)N(CCC(N)=O)c3ccccc3)cnc12. The Morgan fingerprint density at radius 1 is 1.11 bits per heavy atom. The molecule has 0 aliphatic carbocycles. The molecule has 1 aromatic heterocycles. The summed E-state index contributed by atoms with van der Waals surface area (Å²) in [6, 6.07) is 14.3. The van der Waals surface area contributed by atoms with E-state index in [2.05, 4.69) is 4.98 Å². The van der Waals surface area contributed by atoms with Crippen LogP contribution in [0.2, 0.25) is 0 Å². The number of para-hydroxylation sites is 2. The highest BCUT2D eigenvalue weighted by Gasteiger charge is 2.18. The molecule has 0 bridgehead atoms. The second kappa shape index (κ2) is 7.82. The predicted molar refractivity (Wildman–Crippen MR) is 103 cm³/mol. The first-order valence-electron chi connectivity index (χ1n) is 8.56. The van der Waals surface area contributed by atoms with Gasteiger partial charge in [0.25, 0.3) is 5.56 Å². The molecule has 3 rings (SSSR count).